The molecule has 3 heteroatoms. The smallest absolute Gasteiger partial charge is 0.138 e. The van der Waals surface area contributed by atoms with Crippen molar-refractivity contribution in [3.8, 4) is 11.3 Å². The van der Waals surface area contributed by atoms with Crippen LogP contribution in [0.1, 0.15) is 37.3 Å². The Morgan fingerprint density at radius 3 is 3.00 bits per heavy atom. The first-order valence-electron chi connectivity index (χ1n) is 7.00. The van der Waals surface area contributed by atoms with Crippen molar-refractivity contribution >= 4 is 5.78 Å². The lowest BCUT2D eigenvalue weighted by molar-refractivity contribution is -0.125. The zero-order valence-corrected chi connectivity index (χ0v) is 10.7. The lowest BCUT2D eigenvalue weighted by atomic mass is 9.80. The van der Waals surface area contributed by atoms with Gasteiger partial charge in [0, 0.05) is 17.9 Å². The van der Waals surface area contributed by atoms with Crippen molar-refractivity contribution in [1.29, 1.82) is 0 Å². The fourth-order valence-corrected chi connectivity index (χ4v) is 3.63. The Morgan fingerprint density at radius 2 is 2.11 bits per heavy atom. The van der Waals surface area contributed by atoms with E-state index in [4.69, 9.17) is 0 Å². The minimum atomic E-state index is 0.130. The molecule has 1 aromatic carbocycles. The van der Waals surface area contributed by atoms with Crippen LogP contribution in [-0.4, -0.2) is 15.3 Å². The summed E-state index contributed by atoms with van der Waals surface area (Å²) in [6.07, 6.45) is 7.76. The number of fused-ring (bicyclic) bond motifs is 3. The van der Waals surface area contributed by atoms with Gasteiger partial charge in [0.1, 0.15) is 5.78 Å². The summed E-state index contributed by atoms with van der Waals surface area (Å²) in [5.74, 6) is 0.554. The second-order valence-corrected chi connectivity index (χ2v) is 5.54. The minimum Gasteiger partial charge on any atom is -0.322 e. The Kier molecular flexibility index (Phi) is 2.34. The molecule has 1 saturated carbocycles. The van der Waals surface area contributed by atoms with E-state index >= 15 is 0 Å². The highest BCUT2D eigenvalue weighted by Crippen LogP contribution is 2.45. The Hall–Kier alpha value is -1.90. The molecule has 96 valence electrons. The van der Waals surface area contributed by atoms with Gasteiger partial charge < -0.3 is 4.57 Å². The fourth-order valence-electron chi connectivity index (χ4n) is 3.63. The zero-order valence-electron chi connectivity index (χ0n) is 10.7. The van der Waals surface area contributed by atoms with Gasteiger partial charge in [0.15, 0.2) is 0 Å². The van der Waals surface area contributed by atoms with Crippen molar-refractivity contribution in [3.63, 3.8) is 0 Å². The van der Waals surface area contributed by atoms with Crippen molar-refractivity contribution in [2.75, 3.05) is 0 Å². The molecule has 1 aromatic heterocycles. The highest BCUT2D eigenvalue weighted by atomic mass is 16.1. The van der Waals surface area contributed by atoms with Crippen molar-refractivity contribution in [2.24, 2.45) is 5.92 Å². The number of carbonyl (C=O) groups is 1. The molecule has 0 N–H and O–H groups in total. The topological polar surface area (TPSA) is 34.9 Å². The van der Waals surface area contributed by atoms with Crippen LogP contribution in [0.25, 0.3) is 11.3 Å². The number of hydrogen-bond acceptors (Lipinski definition) is 2. The second-order valence-electron chi connectivity index (χ2n) is 5.54. The predicted molar refractivity (Wildman–Crippen MR) is 72.8 cm³/mol. The minimum absolute atomic E-state index is 0.130. The summed E-state index contributed by atoms with van der Waals surface area (Å²) in [6.45, 7) is 0. The number of nitrogens with zero attached hydrogens (tertiary/aromatic N) is 2. The Balaban J connectivity index is 1.86. The van der Waals surface area contributed by atoms with E-state index in [0.29, 0.717) is 5.78 Å². The molecule has 3 nitrogen and oxygen atoms in total. The molecule has 2 atom stereocenters. The van der Waals surface area contributed by atoms with Crippen LogP contribution in [0.3, 0.4) is 0 Å². The van der Waals surface area contributed by atoms with Crippen LogP contribution >= 0.6 is 0 Å². The fraction of sp³-hybridized carbons (Fsp3) is 0.375. The average molecular weight is 252 g/mol. The first-order valence-corrected chi connectivity index (χ1v) is 7.00. The highest BCUT2D eigenvalue weighted by Gasteiger charge is 2.38. The lowest BCUT2D eigenvalue weighted by Gasteiger charge is -2.28. The van der Waals surface area contributed by atoms with E-state index in [-0.39, 0.29) is 12.0 Å². The van der Waals surface area contributed by atoms with Crippen LogP contribution < -0.4 is 0 Å². The van der Waals surface area contributed by atoms with Gasteiger partial charge in [-0.2, -0.15) is 0 Å². The molecule has 0 radical (unpaired) electrons. The highest BCUT2D eigenvalue weighted by molar-refractivity contribution is 5.84. The second kappa shape index (κ2) is 4.05. The van der Waals surface area contributed by atoms with E-state index in [1.54, 1.807) is 0 Å². The van der Waals surface area contributed by atoms with Crippen molar-refractivity contribution < 1.29 is 4.79 Å². The molecule has 0 saturated heterocycles. The molecule has 0 amide bonds. The van der Waals surface area contributed by atoms with E-state index in [2.05, 4.69) is 33.8 Å². The van der Waals surface area contributed by atoms with Crippen LogP contribution in [0, 0.1) is 5.92 Å². The molecule has 0 unspecified atom stereocenters. The number of ketones is 1. The Labute approximate surface area is 112 Å². The van der Waals surface area contributed by atoms with Crippen LogP contribution in [0.15, 0.2) is 36.8 Å². The normalized spacial score (nSPS) is 25.2. The number of rotatable bonds is 1. The summed E-state index contributed by atoms with van der Waals surface area (Å²) < 4.78 is 2.19. The number of carbonyl (C=O) groups excluding carboxylic acids is 1. The Bertz CT molecular complexity index is 644. The number of imidazole rings is 1. The molecule has 1 aliphatic heterocycles. The molecular formula is C16H16N2O. The molecule has 2 heterocycles. The summed E-state index contributed by atoms with van der Waals surface area (Å²) >= 11 is 0. The van der Waals surface area contributed by atoms with Gasteiger partial charge in [-0.1, -0.05) is 30.7 Å². The van der Waals surface area contributed by atoms with E-state index < -0.39 is 0 Å². The van der Waals surface area contributed by atoms with Crippen LogP contribution in [-0.2, 0) is 4.79 Å². The van der Waals surface area contributed by atoms with Gasteiger partial charge in [0.05, 0.1) is 24.3 Å². The summed E-state index contributed by atoms with van der Waals surface area (Å²) in [4.78, 5) is 16.6. The van der Waals surface area contributed by atoms with Crippen molar-refractivity contribution in [2.45, 2.75) is 31.7 Å². The van der Waals surface area contributed by atoms with Gasteiger partial charge in [-0.3, -0.25) is 4.79 Å². The van der Waals surface area contributed by atoms with Gasteiger partial charge in [-0.25, -0.2) is 4.98 Å². The van der Waals surface area contributed by atoms with Crippen molar-refractivity contribution in [1.82, 2.24) is 9.55 Å². The number of Topliss-reactive ketones (excluding diaryl/α,β-unsaturated/α-hetero) is 1. The van der Waals surface area contributed by atoms with Gasteiger partial charge in [0.2, 0.25) is 0 Å². The molecule has 2 aromatic rings. The SMILES string of the molecule is O=C1CCCC[C@@H]1[C@H]1c2ccccc2-c2cncn21. The maximum Gasteiger partial charge on any atom is 0.138 e. The Morgan fingerprint density at radius 1 is 1.21 bits per heavy atom. The summed E-state index contributed by atoms with van der Waals surface area (Å²) in [5.41, 5.74) is 3.68. The molecule has 0 spiro atoms. The van der Waals surface area contributed by atoms with E-state index in [0.717, 1.165) is 25.0 Å². The molecule has 0 bridgehead atoms. The van der Waals surface area contributed by atoms with Crippen LogP contribution in [0.4, 0.5) is 0 Å². The standard InChI is InChI=1S/C16H16N2O/c19-15-8-4-3-7-13(15)16-12-6-2-1-5-11(12)14-9-17-10-18(14)16/h1-2,5-6,9-10,13,16H,3-4,7-8H2/t13-,16+/m0/s1. The predicted octanol–water partition coefficient (Wildman–Crippen LogP) is 3.21. The number of hydrogen-bond donors (Lipinski definition) is 0. The quantitative estimate of drug-likeness (QED) is 0.781. The summed E-state index contributed by atoms with van der Waals surface area (Å²) in [7, 11) is 0. The lowest BCUT2D eigenvalue weighted by Crippen LogP contribution is -2.28. The van der Waals surface area contributed by atoms with E-state index in [9.17, 15) is 4.79 Å². The molecule has 1 aliphatic carbocycles. The van der Waals surface area contributed by atoms with Gasteiger partial charge in [0.25, 0.3) is 0 Å². The first kappa shape index (κ1) is 11.0. The third-order valence-electron chi connectivity index (χ3n) is 4.50. The molecule has 2 aliphatic rings. The average Bonchev–Trinajstić information content (AvgIpc) is 3.00. The summed E-state index contributed by atoms with van der Waals surface area (Å²) in [6, 6.07) is 8.59. The molecule has 4 rings (SSSR count). The van der Waals surface area contributed by atoms with Crippen LogP contribution in [0.5, 0.6) is 0 Å². The maximum atomic E-state index is 12.3. The van der Waals surface area contributed by atoms with Gasteiger partial charge in [-0.15, -0.1) is 0 Å². The molecule has 1 fully saturated rings. The number of benzene rings is 1. The van der Waals surface area contributed by atoms with Crippen molar-refractivity contribution in [3.05, 3.63) is 42.4 Å². The van der Waals surface area contributed by atoms with Gasteiger partial charge >= 0.3 is 0 Å². The first-order chi connectivity index (χ1) is 9.36. The summed E-state index contributed by atoms with van der Waals surface area (Å²) in [5, 5.41) is 0. The van der Waals surface area contributed by atoms with E-state index in [1.165, 1.54) is 17.5 Å². The third kappa shape index (κ3) is 1.51. The third-order valence-corrected chi connectivity index (χ3v) is 4.50. The van der Waals surface area contributed by atoms with E-state index in [1.807, 2.05) is 12.5 Å². The molecule has 19 heavy (non-hydrogen) atoms. The van der Waals surface area contributed by atoms with Crippen LogP contribution in [0.2, 0.25) is 0 Å². The maximum absolute atomic E-state index is 12.3. The monoisotopic (exact) mass is 252 g/mol. The van der Waals surface area contributed by atoms with Gasteiger partial charge in [-0.05, 0) is 18.4 Å². The zero-order chi connectivity index (χ0) is 12.8. The number of aromatic nitrogens is 2. The largest absolute Gasteiger partial charge is 0.322 e. The molecular weight excluding hydrogens is 236 g/mol.